The Kier molecular flexibility index (Phi) is 6.69. The second-order valence-corrected chi connectivity index (χ2v) is 9.53. The van der Waals surface area contributed by atoms with E-state index in [4.69, 9.17) is 4.42 Å². The maximum Gasteiger partial charge on any atom is 0.253 e. The van der Waals surface area contributed by atoms with Crippen molar-refractivity contribution >= 4 is 28.8 Å². The average molecular weight is 453 g/mol. The first-order valence-corrected chi connectivity index (χ1v) is 11.9. The minimum atomic E-state index is -0.159. The third kappa shape index (κ3) is 5.24. The van der Waals surface area contributed by atoms with Crippen LogP contribution in [0.5, 0.6) is 0 Å². The van der Waals surface area contributed by atoms with E-state index in [1.807, 2.05) is 40.8 Å². The van der Waals surface area contributed by atoms with Gasteiger partial charge in [-0.15, -0.1) is 10.2 Å². The largest absolute Gasteiger partial charge is 0.421 e. The lowest BCUT2D eigenvalue weighted by Gasteiger charge is -2.35. The first-order valence-electron chi connectivity index (χ1n) is 10.9. The lowest BCUT2D eigenvalue weighted by atomic mass is 9.91. The summed E-state index contributed by atoms with van der Waals surface area (Å²) >= 11 is 1.56. The predicted molar refractivity (Wildman–Crippen MR) is 125 cm³/mol. The van der Waals surface area contributed by atoms with Crippen LogP contribution < -0.4 is 5.32 Å². The highest BCUT2D eigenvalue weighted by atomic mass is 32.1. The summed E-state index contributed by atoms with van der Waals surface area (Å²) in [6.45, 7) is 7.83. The standard InChI is InChI=1S/C24H28N4O3S/c1-15-10-16(2)13-28(12-15)24(30)18-5-4-17(3)20(11-18)25-21(29)6-7-22-26-27-23(31-22)19-8-9-32-14-19/h4-5,8-9,11,14-16H,6-7,10,12-13H2,1-3H3,(H,25,29). The SMILES string of the molecule is Cc1ccc(C(=O)N2CC(C)CC(C)C2)cc1NC(=O)CCc1nnc(-c2ccsc2)o1. The van der Waals surface area contributed by atoms with Gasteiger partial charge in [-0.1, -0.05) is 19.9 Å². The van der Waals surface area contributed by atoms with E-state index in [1.54, 1.807) is 17.4 Å². The fourth-order valence-electron chi connectivity index (χ4n) is 4.19. The average Bonchev–Trinajstić information content (AvgIpc) is 3.44. The number of carbonyl (C=O) groups excluding carboxylic acids is 2. The third-order valence-electron chi connectivity index (χ3n) is 5.72. The first kappa shape index (κ1) is 22.2. The van der Waals surface area contributed by atoms with Gasteiger partial charge in [0, 0.05) is 48.1 Å². The number of hydrogen-bond donors (Lipinski definition) is 1. The second kappa shape index (κ2) is 9.65. The molecule has 1 aliphatic rings. The fourth-order valence-corrected chi connectivity index (χ4v) is 4.82. The van der Waals surface area contributed by atoms with E-state index in [1.165, 1.54) is 0 Å². The number of likely N-dealkylation sites (tertiary alicyclic amines) is 1. The number of aromatic nitrogens is 2. The number of thiophene rings is 1. The van der Waals surface area contributed by atoms with Gasteiger partial charge in [-0.05, 0) is 54.3 Å². The zero-order valence-corrected chi connectivity index (χ0v) is 19.4. The molecule has 7 nitrogen and oxygen atoms in total. The van der Waals surface area contributed by atoms with Gasteiger partial charge in [-0.3, -0.25) is 9.59 Å². The summed E-state index contributed by atoms with van der Waals surface area (Å²) in [6.07, 6.45) is 1.71. The molecule has 3 aromatic rings. The van der Waals surface area contributed by atoms with Crippen LogP contribution in [0.3, 0.4) is 0 Å². The topological polar surface area (TPSA) is 88.3 Å². The Balaban J connectivity index is 1.37. The van der Waals surface area contributed by atoms with Crippen LogP contribution >= 0.6 is 11.3 Å². The molecule has 3 heterocycles. The Morgan fingerprint density at radius 1 is 1.19 bits per heavy atom. The van der Waals surface area contributed by atoms with Crippen molar-refractivity contribution in [3.05, 3.63) is 52.0 Å². The van der Waals surface area contributed by atoms with E-state index in [9.17, 15) is 9.59 Å². The van der Waals surface area contributed by atoms with Gasteiger partial charge in [-0.2, -0.15) is 11.3 Å². The molecular formula is C24H28N4O3S. The zero-order valence-electron chi connectivity index (χ0n) is 18.6. The highest BCUT2D eigenvalue weighted by molar-refractivity contribution is 7.08. The lowest BCUT2D eigenvalue weighted by Crippen LogP contribution is -2.42. The van der Waals surface area contributed by atoms with Gasteiger partial charge in [0.2, 0.25) is 17.7 Å². The number of amides is 2. The van der Waals surface area contributed by atoms with Crippen molar-refractivity contribution in [2.45, 2.75) is 40.0 Å². The monoisotopic (exact) mass is 452 g/mol. The summed E-state index contributed by atoms with van der Waals surface area (Å²) in [6, 6.07) is 7.41. The molecule has 168 valence electrons. The van der Waals surface area contributed by atoms with Crippen LogP contribution in [0.2, 0.25) is 0 Å². The molecule has 0 saturated carbocycles. The summed E-state index contributed by atoms with van der Waals surface area (Å²) < 4.78 is 5.64. The number of carbonyl (C=O) groups is 2. The van der Waals surface area contributed by atoms with E-state index >= 15 is 0 Å². The highest BCUT2D eigenvalue weighted by Gasteiger charge is 2.26. The number of anilines is 1. The van der Waals surface area contributed by atoms with E-state index in [0.29, 0.717) is 41.3 Å². The van der Waals surface area contributed by atoms with Gasteiger partial charge in [0.15, 0.2) is 0 Å². The second-order valence-electron chi connectivity index (χ2n) is 8.75. The third-order valence-corrected chi connectivity index (χ3v) is 6.40. The molecule has 32 heavy (non-hydrogen) atoms. The maximum atomic E-state index is 13.0. The lowest BCUT2D eigenvalue weighted by molar-refractivity contribution is -0.116. The van der Waals surface area contributed by atoms with E-state index in [0.717, 1.165) is 30.6 Å². The Hall–Kier alpha value is -3.00. The van der Waals surface area contributed by atoms with Crippen molar-refractivity contribution in [2.75, 3.05) is 18.4 Å². The van der Waals surface area contributed by atoms with Crippen molar-refractivity contribution in [3.63, 3.8) is 0 Å². The Bertz CT molecular complexity index is 1080. The molecule has 0 radical (unpaired) electrons. The molecule has 0 aliphatic carbocycles. The summed E-state index contributed by atoms with van der Waals surface area (Å²) in [5.41, 5.74) is 3.05. The Morgan fingerprint density at radius 2 is 1.97 bits per heavy atom. The maximum absolute atomic E-state index is 13.0. The molecule has 1 aromatic carbocycles. The molecule has 1 aliphatic heterocycles. The van der Waals surface area contributed by atoms with Crippen LogP contribution in [0, 0.1) is 18.8 Å². The van der Waals surface area contributed by atoms with Crippen LogP contribution in [-0.2, 0) is 11.2 Å². The molecule has 8 heteroatoms. The van der Waals surface area contributed by atoms with E-state index < -0.39 is 0 Å². The molecule has 4 rings (SSSR count). The van der Waals surface area contributed by atoms with Crippen molar-refractivity contribution in [2.24, 2.45) is 11.8 Å². The summed E-state index contributed by atoms with van der Waals surface area (Å²) in [7, 11) is 0. The van der Waals surface area contributed by atoms with Gasteiger partial charge in [0.05, 0.1) is 0 Å². The summed E-state index contributed by atoms with van der Waals surface area (Å²) in [4.78, 5) is 27.5. The normalized spacial score (nSPS) is 18.5. The van der Waals surface area contributed by atoms with Crippen LogP contribution in [0.25, 0.3) is 11.5 Å². The number of nitrogens with zero attached hydrogens (tertiary/aromatic N) is 3. The fraction of sp³-hybridized carbons (Fsp3) is 0.417. The summed E-state index contributed by atoms with van der Waals surface area (Å²) in [5.74, 6) is 1.74. The summed E-state index contributed by atoms with van der Waals surface area (Å²) in [5, 5.41) is 14.9. The molecule has 1 fully saturated rings. The molecule has 2 unspecified atom stereocenters. The van der Waals surface area contributed by atoms with Crippen molar-refractivity contribution in [1.29, 1.82) is 0 Å². The van der Waals surface area contributed by atoms with E-state index in [2.05, 4.69) is 29.4 Å². The highest BCUT2D eigenvalue weighted by Crippen LogP contribution is 2.25. The zero-order chi connectivity index (χ0) is 22.7. The van der Waals surface area contributed by atoms with Crippen molar-refractivity contribution in [3.8, 4) is 11.5 Å². The minimum absolute atomic E-state index is 0.0192. The number of hydrogen-bond acceptors (Lipinski definition) is 6. The first-order chi connectivity index (χ1) is 15.4. The molecule has 1 N–H and O–H groups in total. The molecule has 2 atom stereocenters. The molecule has 1 saturated heterocycles. The van der Waals surface area contributed by atoms with Gasteiger partial charge >= 0.3 is 0 Å². The molecular weight excluding hydrogens is 424 g/mol. The van der Waals surface area contributed by atoms with Crippen LogP contribution in [0.15, 0.2) is 39.4 Å². The molecule has 2 aromatic heterocycles. The van der Waals surface area contributed by atoms with Gasteiger partial charge < -0.3 is 14.6 Å². The smallest absolute Gasteiger partial charge is 0.253 e. The quantitative estimate of drug-likeness (QED) is 0.581. The number of benzene rings is 1. The van der Waals surface area contributed by atoms with Crippen LogP contribution in [0.4, 0.5) is 5.69 Å². The van der Waals surface area contributed by atoms with Crippen molar-refractivity contribution < 1.29 is 14.0 Å². The molecule has 0 bridgehead atoms. The molecule has 0 spiro atoms. The van der Waals surface area contributed by atoms with E-state index in [-0.39, 0.29) is 18.2 Å². The van der Waals surface area contributed by atoms with Gasteiger partial charge in [0.1, 0.15) is 0 Å². The Labute approximate surface area is 191 Å². The number of piperidine rings is 1. The van der Waals surface area contributed by atoms with Gasteiger partial charge in [0.25, 0.3) is 5.91 Å². The van der Waals surface area contributed by atoms with Crippen molar-refractivity contribution in [1.82, 2.24) is 15.1 Å². The van der Waals surface area contributed by atoms with Gasteiger partial charge in [-0.25, -0.2) is 0 Å². The number of aryl methyl sites for hydroxylation is 2. The predicted octanol–water partition coefficient (Wildman–Crippen LogP) is 4.80. The number of nitrogens with one attached hydrogen (secondary N) is 1. The van der Waals surface area contributed by atoms with Crippen LogP contribution in [0.1, 0.15) is 48.5 Å². The Morgan fingerprint density at radius 3 is 2.69 bits per heavy atom. The van der Waals surface area contributed by atoms with Crippen LogP contribution in [-0.4, -0.2) is 40.0 Å². The number of rotatable bonds is 6. The molecule has 2 amide bonds. The minimum Gasteiger partial charge on any atom is -0.421 e.